The molecular weight excluding hydrogens is 274 g/mol. The van der Waals surface area contributed by atoms with E-state index in [1.54, 1.807) is 17.9 Å². The van der Waals surface area contributed by atoms with Gasteiger partial charge in [-0.25, -0.2) is 0 Å². The molecule has 1 N–H and O–H groups in total. The highest BCUT2D eigenvalue weighted by Gasteiger charge is 2.30. The Morgan fingerprint density at radius 2 is 1.95 bits per heavy atom. The average molecular weight is 298 g/mol. The summed E-state index contributed by atoms with van der Waals surface area (Å²) in [5.74, 6) is 0.587. The first-order valence-corrected chi connectivity index (χ1v) is 7.65. The molecule has 0 spiro atoms. The number of nitrogens with zero attached hydrogens (tertiary/aromatic N) is 2. The fourth-order valence-electron chi connectivity index (χ4n) is 2.97. The summed E-state index contributed by atoms with van der Waals surface area (Å²) in [6, 6.07) is 0.249. The first-order chi connectivity index (χ1) is 9.27. The van der Waals surface area contributed by atoms with Gasteiger partial charge in [0.25, 0.3) is 5.91 Å². The van der Waals surface area contributed by atoms with Gasteiger partial charge in [-0.05, 0) is 37.0 Å². The lowest BCUT2D eigenvalue weighted by Crippen LogP contribution is -2.39. The van der Waals surface area contributed by atoms with E-state index in [0.717, 1.165) is 18.8 Å². The molecule has 1 heterocycles. The summed E-state index contributed by atoms with van der Waals surface area (Å²) in [4.78, 5) is 12.2. The molecule has 0 atom stereocenters. The van der Waals surface area contributed by atoms with E-state index in [0.29, 0.717) is 16.1 Å². The van der Waals surface area contributed by atoms with Crippen molar-refractivity contribution in [3.8, 4) is 0 Å². The minimum atomic E-state index is -0.158. The number of nitrogens with one attached hydrogen (secondary N) is 1. The highest BCUT2D eigenvalue weighted by atomic mass is 35.5. The van der Waals surface area contributed by atoms with Crippen LogP contribution in [-0.4, -0.2) is 21.7 Å². The van der Waals surface area contributed by atoms with Crippen LogP contribution in [0.15, 0.2) is 6.20 Å². The van der Waals surface area contributed by atoms with E-state index in [1.807, 2.05) is 0 Å². The van der Waals surface area contributed by atoms with Crippen molar-refractivity contribution in [2.45, 2.75) is 52.5 Å². The Labute approximate surface area is 125 Å². The van der Waals surface area contributed by atoms with Gasteiger partial charge in [0.05, 0.1) is 5.02 Å². The van der Waals surface area contributed by atoms with Crippen molar-refractivity contribution in [2.24, 2.45) is 18.4 Å². The quantitative estimate of drug-likeness (QED) is 0.909. The molecule has 112 valence electrons. The molecule has 20 heavy (non-hydrogen) atoms. The van der Waals surface area contributed by atoms with Gasteiger partial charge < -0.3 is 5.32 Å². The molecule has 5 heteroatoms. The van der Waals surface area contributed by atoms with Crippen LogP contribution in [0.25, 0.3) is 0 Å². The van der Waals surface area contributed by atoms with Crippen LogP contribution in [0.4, 0.5) is 0 Å². The zero-order chi connectivity index (χ0) is 14.9. The molecule has 1 fully saturated rings. The number of halogens is 1. The smallest absolute Gasteiger partial charge is 0.273 e. The van der Waals surface area contributed by atoms with Crippen LogP contribution >= 0.6 is 11.6 Å². The molecule has 1 amide bonds. The Hall–Kier alpha value is -1.03. The Bertz CT molecular complexity index is 482. The van der Waals surface area contributed by atoms with Gasteiger partial charge in [0, 0.05) is 19.3 Å². The average Bonchev–Trinajstić information content (AvgIpc) is 2.68. The second kappa shape index (κ2) is 5.76. The first-order valence-electron chi connectivity index (χ1n) is 7.27. The van der Waals surface area contributed by atoms with Crippen LogP contribution in [-0.2, 0) is 7.05 Å². The van der Waals surface area contributed by atoms with Crippen molar-refractivity contribution in [1.82, 2.24) is 15.1 Å². The summed E-state index contributed by atoms with van der Waals surface area (Å²) in [5, 5.41) is 7.58. The number of amides is 1. The molecule has 1 aromatic rings. The lowest BCUT2D eigenvalue weighted by Gasteiger charge is -2.37. The molecule has 0 aliphatic heterocycles. The topological polar surface area (TPSA) is 46.9 Å². The van der Waals surface area contributed by atoms with Gasteiger partial charge in [0.15, 0.2) is 5.69 Å². The Kier molecular flexibility index (Phi) is 4.43. The molecule has 1 aliphatic carbocycles. The van der Waals surface area contributed by atoms with E-state index < -0.39 is 0 Å². The molecule has 0 saturated heterocycles. The maximum atomic E-state index is 12.2. The van der Waals surface area contributed by atoms with Crippen molar-refractivity contribution in [1.29, 1.82) is 0 Å². The van der Waals surface area contributed by atoms with Crippen molar-refractivity contribution in [3.05, 3.63) is 16.9 Å². The van der Waals surface area contributed by atoms with Gasteiger partial charge in [-0.15, -0.1) is 0 Å². The Morgan fingerprint density at radius 1 is 1.35 bits per heavy atom. The van der Waals surface area contributed by atoms with E-state index >= 15 is 0 Å². The Morgan fingerprint density at radius 3 is 2.40 bits per heavy atom. The highest BCUT2D eigenvalue weighted by Crippen LogP contribution is 2.37. The minimum absolute atomic E-state index is 0.158. The predicted molar refractivity (Wildman–Crippen MR) is 80.9 cm³/mol. The maximum absolute atomic E-state index is 12.2. The molecule has 2 rings (SSSR count). The zero-order valence-electron chi connectivity index (χ0n) is 12.7. The van der Waals surface area contributed by atoms with Gasteiger partial charge >= 0.3 is 0 Å². The third-order valence-electron chi connectivity index (χ3n) is 4.29. The third kappa shape index (κ3) is 3.54. The van der Waals surface area contributed by atoms with Crippen molar-refractivity contribution < 1.29 is 4.79 Å². The number of aromatic nitrogens is 2. The van der Waals surface area contributed by atoms with E-state index in [2.05, 4.69) is 31.2 Å². The zero-order valence-corrected chi connectivity index (χ0v) is 13.5. The van der Waals surface area contributed by atoms with Crippen LogP contribution in [0.3, 0.4) is 0 Å². The van der Waals surface area contributed by atoms with Crippen LogP contribution in [0, 0.1) is 11.3 Å². The number of carbonyl (C=O) groups is 1. The number of carbonyl (C=O) groups excluding carboxylic acids is 1. The Balaban J connectivity index is 1.90. The third-order valence-corrected chi connectivity index (χ3v) is 4.56. The first kappa shape index (κ1) is 15.4. The van der Waals surface area contributed by atoms with E-state index in [4.69, 9.17) is 11.6 Å². The van der Waals surface area contributed by atoms with Gasteiger partial charge in [0.2, 0.25) is 0 Å². The summed E-state index contributed by atoms with van der Waals surface area (Å²) in [5.41, 5.74) is 0.686. The normalized spacial score (nSPS) is 23.6. The van der Waals surface area contributed by atoms with Gasteiger partial charge in [0.1, 0.15) is 0 Å². The molecule has 0 aromatic carbocycles. The fourth-order valence-corrected chi connectivity index (χ4v) is 3.24. The minimum Gasteiger partial charge on any atom is -0.348 e. The molecule has 1 aromatic heterocycles. The van der Waals surface area contributed by atoms with Crippen molar-refractivity contribution in [2.75, 3.05) is 0 Å². The van der Waals surface area contributed by atoms with Crippen molar-refractivity contribution >= 4 is 17.5 Å². The fraction of sp³-hybridized carbons (Fsp3) is 0.733. The van der Waals surface area contributed by atoms with Crippen LogP contribution in [0.5, 0.6) is 0 Å². The number of hydrogen-bond acceptors (Lipinski definition) is 2. The maximum Gasteiger partial charge on any atom is 0.273 e. The molecule has 0 radical (unpaired) electrons. The molecule has 1 aliphatic rings. The number of hydrogen-bond donors (Lipinski definition) is 1. The second-order valence-corrected chi connectivity index (χ2v) is 7.29. The van der Waals surface area contributed by atoms with E-state index in [1.165, 1.54) is 12.8 Å². The summed E-state index contributed by atoms with van der Waals surface area (Å²) in [7, 11) is 1.76. The predicted octanol–water partition coefficient (Wildman–Crippen LogP) is 3.41. The second-order valence-electron chi connectivity index (χ2n) is 6.89. The van der Waals surface area contributed by atoms with Crippen LogP contribution in [0.1, 0.15) is 56.9 Å². The summed E-state index contributed by atoms with van der Waals surface area (Å²) >= 11 is 6.00. The standard InChI is InChI=1S/C15H24ClN3O/c1-15(2,3)10-5-7-11(8-6-10)17-14(20)13-12(16)9-19(4)18-13/h9-11H,5-8H2,1-4H3,(H,17,20). The van der Waals surface area contributed by atoms with Gasteiger partial charge in [-0.2, -0.15) is 5.10 Å². The summed E-state index contributed by atoms with van der Waals surface area (Å²) < 4.78 is 1.56. The number of rotatable bonds is 2. The highest BCUT2D eigenvalue weighted by molar-refractivity contribution is 6.33. The molecular formula is C15H24ClN3O. The van der Waals surface area contributed by atoms with Crippen LogP contribution in [0.2, 0.25) is 5.02 Å². The SMILES string of the molecule is Cn1cc(Cl)c(C(=O)NC2CCC(C(C)(C)C)CC2)n1. The molecule has 0 bridgehead atoms. The van der Waals surface area contributed by atoms with Crippen LogP contribution < -0.4 is 5.32 Å². The van der Waals surface area contributed by atoms with Crippen molar-refractivity contribution in [3.63, 3.8) is 0 Å². The van der Waals surface area contributed by atoms with E-state index in [-0.39, 0.29) is 11.9 Å². The molecule has 1 saturated carbocycles. The number of aryl methyl sites for hydroxylation is 1. The lowest BCUT2D eigenvalue weighted by molar-refractivity contribution is 0.0898. The van der Waals surface area contributed by atoms with Gasteiger partial charge in [-0.1, -0.05) is 32.4 Å². The molecule has 4 nitrogen and oxygen atoms in total. The van der Waals surface area contributed by atoms with E-state index in [9.17, 15) is 4.79 Å². The molecule has 0 unspecified atom stereocenters. The largest absolute Gasteiger partial charge is 0.348 e. The monoisotopic (exact) mass is 297 g/mol. The lowest BCUT2D eigenvalue weighted by atomic mass is 9.71. The summed E-state index contributed by atoms with van der Waals surface area (Å²) in [6.07, 6.45) is 6.07. The summed E-state index contributed by atoms with van der Waals surface area (Å²) in [6.45, 7) is 6.89. The van der Waals surface area contributed by atoms with Gasteiger partial charge in [-0.3, -0.25) is 9.48 Å².